The summed E-state index contributed by atoms with van der Waals surface area (Å²) in [6, 6.07) is 5.11. The SMILES string of the molecule is CCCc1nc(N)nc2ccc(-c3ccc(F)c(F)c3F)nc12. The van der Waals surface area contributed by atoms with Gasteiger partial charge in [-0.25, -0.2) is 28.1 Å². The highest BCUT2D eigenvalue weighted by atomic mass is 19.2. The van der Waals surface area contributed by atoms with Crippen molar-refractivity contribution in [3.8, 4) is 11.3 Å². The summed E-state index contributed by atoms with van der Waals surface area (Å²) in [5, 5.41) is 0. The van der Waals surface area contributed by atoms with E-state index in [1.54, 1.807) is 6.07 Å². The fourth-order valence-electron chi connectivity index (χ4n) is 2.38. The number of rotatable bonds is 3. The molecule has 0 bridgehead atoms. The predicted molar refractivity (Wildman–Crippen MR) is 81.1 cm³/mol. The first-order valence-electron chi connectivity index (χ1n) is 7.08. The molecule has 2 heterocycles. The maximum Gasteiger partial charge on any atom is 0.220 e. The molecule has 0 aliphatic carbocycles. The van der Waals surface area contributed by atoms with Gasteiger partial charge in [-0.2, -0.15) is 0 Å². The van der Waals surface area contributed by atoms with E-state index in [1.807, 2.05) is 6.92 Å². The van der Waals surface area contributed by atoms with Crippen molar-refractivity contribution in [3.63, 3.8) is 0 Å². The lowest BCUT2D eigenvalue weighted by atomic mass is 10.1. The lowest BCUT2D eigenvalue weighted by Gasteiger charge is -2.08. The number of aromatic nitrogens is 3. The number of halogens is 3. The van der Waals surface area contributed by atoms with Gasteiger partial charge in [-0.05, 0) is 30.7 Å². The molecule has 0 fully saturated rings. The van der Waals surface area contributed by atoms with Crippen molar-refractivity contribution < 1.29 is 13.2 Å². The Morgan fingerprint density at radius 1 is 0.957 bits per heavy atom. The number of anilines is 1. The first-order chi connectivity index (χ1) is 11.0. The van der Waals surface area contributed by atoms with Crippen molar-refractivity contribution in [2.75, 3.05) is 5.73 Å². The van der Waals surface area contributed by atoms with E-state index in [1.165, 1.54) is 6.07 Å². The van der Waals surface area contributed by atoms with E-state index in [0.717, 1.165) is 18.6 Å². The van der Waals surface area contributed by atoms with Crippen LogP contribution in [0.5, 0.6) is 0 Å². The van der Waals surface area contributed by atoms with Crippen LogP contribution in [0, 0.1) is 17.5 Å². The molecule has 3 aromatic rings. The third-order valence-corrected chi connectivity index (χ3v) is 3.43. The van der Waals surface area contributed by atoms with Gasteiger partial charge >= 0.3 is 0 Å². The molecular formula is C16H13F3N4. The molecular weight excluding hydrogens is 305 g/mol. The normalized spacial score (nSPS) is 11.1. The molecule has 23 heavy (non-hydrogen) atoms. The Bertz CT molecular complexity index is 896. The molecule has 2 N–H and O–H groups in total. The summed E-state index contributed by atoms with van der Waals surface area (Å²) in [5.41, 5.74) is 7.36. The molecule has 0 saturated carbocycles. The van der Waals surface area contributed by atoms with Crippen LogP contribution in [0.3, 0.4) is 0 Å². The highest BCUT2D eigenvalue weighted by Gasteiger charge is 2.17. The van der Waals surface area contributed by atoms with E-state index in [-0.39, 0.29) is 17.2 Å². The molecule has 118 valence electrons. The molecule has 0 atom stereocenters. The first kappa shape index (κ1) is 15.2. The molecule has 0 aliphatic rings. The molecule has 0 aliphatic heterocycles. The Kier molecular flexibility index (Phi) is 3.85. The van der Waals surface area contributed by atoms with Crippen LogP contribution in [0.4, 0.5) is 19.1 Å². The minimum Gasteiger partial charge on any atom is -0.368 e. The van der Waals surface area contributed by atoms with E-state index >= 15 is 0 Å². The van der Waals surface area contributed by atoms with Crippen LogP contribution in [-0.4, -0.2) is 15.0 Å². The van der Waals surface area contributed by atoms with E-state index in [9.17, 15) is 13.2 Å². The lowest BCUT2D eigenvalue weighted by Crippen LogP contribution is -2.03. The molecule has 1 aromatic carbocycles. The van der Waals surface area contributed by atoms with Gasteiger partial charge in [0.15, 0.2) is 17.5 Å². The van der Waals surface area contributed by atoms with Gasteiger partial charge in [0.2, 0.25) is 5.95 Å². The zero-order valence-corrected chi connectivity index (χ0v) is 12.3. The number of aryl methyl sites for hydroxylation is 1. The van der Waals surface area contributed by atoms with Gasteiger partial charge in [0.05, 0.1) is 16.9 Å². The van der Waals surface area contributed by atoms with Crippen molar-refractivity contribution in [1.82, 2.24) is 15.0 Å². The largest absolute Gasteiger partial charge is 0.368 e. The number of fused-ring (bicyclic) bond motifs is 1. The molecule has 0 radical (unpaired) electrons. The molecule has 0 spiro atoms. The van der Waals surface area contributed by atoms with E-state index < -0.39 is 17.5 Å². The van der Waals surface area contributed by atoms with Crippen LogP contribution < -0.4 is 5.73 Å². The Labute approximate surface area is 130 Å². The van der Waals surface area contributed by atoms with Gasteiger partial charge in [-0.15, -0.1) is 0 Å². The molecule has 7 heteroatoms. The highest BCUT2D eigenvalue weighted by molar-refractivity contribution is 5.81. The number of hydrogen-bond acceptors (Lipinski definition) is 4. The zero-order valence-electron chi connectivity index (χ0n) is 12.3. The van der Waals surface area contributed by atoms with Crippen molar-refractivity contribution in [1.29, 1.82) is 0 Å². The number of nitrogens with two attached hydrogens (primary N) is 1. The van der Waals surface area contributed by atoms with Crippen LogP contribution in [0.25, 0.3) is 22.3 Å². The van der Waals surface area contributed by atoms with E-state index in [2.05, 4.69) is 15.0 Å². The number of hydrogen-bond donors (Lipinski definition) is 1. The summed E-state index contributed by atoms with van der Waals surface area (Å²) in [6.45, 7) is 1.98. The second-order valence-electron chi connectivity index (χ2n) is 5.07. The summed E-state index contributed by atoms with van der Waals surface area (Å²) >= 11 is 0. The van der Waals surface area contributed by atoms with Crippen LogP contribution in [-0.2, 0) is 6.42 Å². The van der Waals surface area contributed by atoms with Crippen LogP contribution in [0.15, 0.2) is 24.3 Å². The summed E-state index contributed by atoms with van der Waals surface area (Å²) in [4.78, 5) is 12.6. The molecule has 0 unspecified atom stereocenters. The third-order valence-electron chi connectivity index (χ3n) is 3.43. The van der Waals surface area contributed by atoms with Gasteiger partial charge < -0.3 is 5.73 Å². The van der Waals surface area contributed by atoms with Crippen molar-refractivity contribution in [2.24, 2.45) is 0 Å². The zero-order chi connectivity index (χ0) is 16.6. The molecule has 4 nitrogen and oxygen atoms in total. The predicted octanol–water partition coefficient (Wildman–Crippen LogP) is 3.64. The highest BCUT2D eigenvalue weighted by Crippen LogP contribution is 2.27. The Balaban J connectivity index is 2.22. The first-order valence-corrected chi connectivity index (χ1v) is 7.08. The minimum absolute atomic E-state index is 0.120. The fourth-order valence-corrected chi connectivity index (χ4v) is 2.38. The molecule has 0 saturated heterocycles. The van der Waals surface area contributed by atoms with Crippen LogP contribution in [0.1, 0.15) is 19.0 Å². The summed E-state index contributed by atoms with van der Waals surface area (Å²) < 4.78 is 40.4. The number of benzene rings is 1. The van der Waals surface area contributed by atoms with Gasteiger partial charge in [0.25, 0.3) is 0 Å². The Morgan fingerprint density at radius 3 is 2.48 bits per heavy atom. The fraction of sp³-hybridized carbons (Fsp3) is 0.188. The second-order valence-corrected chi connectivity index (χ2v) is 5.07. The second kappa shape index (κ2) is 5.83. The number of pyridine rings is 1. The Morgan fingerprint density at radius 2 is 1.74 bits per heavy atom. The third kappa shape index (κ3) is 2.69. The quantitative estimate of drug-likeness (QED) is 0.749. The summed E-state index contributed by atoms with van der Waals surface area (Å²) in [5.74, 6) is -3.90. The average Bonchev–Trinajstić information content (AvgIpc) is 2.53. The van der Waals surface area contributed by atoms with Crippen molar-refractivity contribution in [2.45, 2.75) is 19.8 Å². The minimum atomic E-state index is -1.52. The summed E-state index contributed by atoms with van der Waals surface area (Å²) in [7, 11) is 0. The van der Waals surface area contributed by atoms with Gasteiger partial charge in [-0.3, -0.25) is 0 Å². The Hall–Kier alpha value is -2.70. The van der Waals surface area contributed by atoms with Gasteiger partial charge in [0.1, 0.15) is 5.52 Å². The maximum atomic E-state index is 14.0. The van der Waals surface area contributed by atoms with Crippen molar-refractivity contribution in [3.05, 3.63) is 47.4 Å². The van der Waals surface area contributed by atoms with E-state index in [4.69, 9.17) is 5.73 Å². The molecule has 3 rings (SSSR count). The standard InChI is InChI=1S/C16H13F3N4/c1-2-3-11-15-12(23-16(20)22-11)7-6-10(21-15)8-4-5-9(17)14(19)13(8)18/h4-7H,2-3H2,1H3,(H2,20,22,23). The van der Waals surface area contributed by atoms with Crippen molar-refractivity contribution >= 4 is 17.0 Å². The lowest BCUT2D eigenvalue weighted by molar-refractivity contribution is 0.449. The smallest absolute Gasteiger partial charge is 0.220 e. The number of nitrogen functional groups attached to an aromatic ring is 1. The average molecular weight is 318 g/mol. The van der Waals surface area contributed by atoms with Gasteiger partial charge in [-0.1, -0.05) is 13.3 Å². The monoisotopic (exact) mass is 318 g/mol. The van der Waals surface area contributed by atoms with E-state index in [0.29, 0.717) is 23.1 Å². The molecule has 0 amide bonds. The van der Waals surface area contributed by atoms with Crippen LogP contribution >= 0.6 is 0 Å². The molecule has 2 aromatic heterocycles. The van der Waals surface area contributed by atoms with Gasteiger partial charge in [0, 0.05) is 5.56 Å². The topological polar surface area (TPSA) is 64.7 Å². The number of nitrogens with zero attached hydrogens (tertiary/aromatic N) is 3. The maximum absolute atomic E-state index is 14.0. The summed E-state index contributed by atoms with van der Waals surface area (Å²) in [6.07, 6.45) is 1.44. The van der Waals surface area contributed by atoms with Crippen LogP contribution in [0.2, 0.25) is 0 Å².